The summed E-state index contributed by atoms with van der Waals surface area (Å²) >= 11 is 1.44. The van der Waals surface area contributed by atoms with Gasteiger partial charge in [-0.15, -0.1) is 0 Å². The minimum Gasteiger partial charge on any atom is -0.325 e. The van der Waals surface area contributed by atoms with Crippen LogP contribution in [-0.2, 0) is 4.79 Å². The summed E-state index contributed by atoms with van der Waals surface area (Å²) in [4.78, 5) is 28.7. The lowest BCUT2D eigenvalue weighted by Gasteiger charge is -2.14. The first-order chi connectivity index (χ1) is 13.2. The fourth-order valence-electron chi connectivity index (χ4n) is 3.14. The number of fused-ring (bicyclic) bond motifs is 1. The molecule has 144 valence electrons. The number of pyridine rings is 1. The second-order valence-electron chi connectivity index (χ2n) is 7.14. The quantitative estimate of drug-likeness (QED) is 0.461. The number of carbonyl (C=O) groups excluding carboxylic acids is 2. The topological polar surface area (TPSA) is 59.1 Å². The molecule has 0 radical (unpaired) electrons. The molecule has 0 spiro atoms. The van der Waals surface area contributed by atoms with Crippen molar-refractivity contribution in [3.63, 3.8) is 0 Å². The molecule has 1 unspecified atom stereocenters. The zero-order chi connectivity index (χ0) is 20.4. The Hall–Kier alpha value is -2.66. The van der Waals surface area contributed by atoms with Crippen molar-refractivity contribution in [1.82, 2.24) is 4.98 Å². The van der Waals surface area contributed by atoms with E-state index in [1.54, 1.807) is 24.3 Å². The van der Waals surface area contributed by atoms with E-state index in [-0.39, 0.29) is 16.9 Å². The molecule has 3 rings (SSSR count). The second-order valence-corrected chi connectivity index (χ2v) is 8.50. The Balaban J connectivity index is 1.75. The molecule has 3 aromatic rings. The molecule has 0 saturated heterocycles. The van der Waals surface area contributed by atoms with Crippen LogP contribution >= 0.6 is 11.8 Å². The maximum absolute atomic E-state index is 12.6. The van der Waals surface area contributed by atoms with Crippen molar-refractivity contribution in [1.29, 1.82) is 0 Å². The third-order valence-electron chi connectivity index (χ3n) is 4.66. The number of hydrogen-bond acceptors (Lipinski definition) is 4. The molecule has 1 aromatic heterocycles. The minimum atomic E-state index is -0.303. The van der Waals surface area contributed by atoms with E-state index >= 15 is 0 Å². The average Bonchev–Trinajstić information content (AvgIpc) is 2.63. The second kappa shape index (κ2) is 8.15. The molecule has 0 saturated carbocycles. The van der Waals surface area contributed by atoms with Gasteiger partial charge in [-0.1, -0.05) is 23.4 Å². The molecule has 1 amide bonds. The molecular formula is C23H24N2O2S. The number of benzene rings is 2. The molecule has 0 aliphatic heterocycles. The molecule has 1 atom stereocenters. The minimum absolute atomic E-state index is 0.00466. The Bertz CT molecular complexity index is 1060. The zero-order valence-electron chi connectivity index (χ0n) is 16.8. The highest BCUT2D eigenvalue weighted by molar-refractivity contribution is 8.00. The molecule has 1 heterocycles. The molecule has 0 bridgehead atoms. The van der Waals surface area contributed by atoms with Gasteiger partial charge in [0.1, 0.15) is 0 Å². The molecule has 1 N–H and O–H groups in total. The molecule has 4 nitrogen and oxygen atoms in total. The van der Waals surface area contributed by atoms with Gasteiger partial charge in [-0.25, -0.2) is 4.98 Å². The van der Waals surface area contributed by atoms with Crippen LogP contribution in [0.25, 0.3) is 10.9 Å². The predicted molar refractivity (Wildman–Crippen MR) is 116 cm³/mol. The number of hydrogen-bond donors (Lipinski definition) is 1. The Morgan fingerprint density at radius 1 is 1.00 bits per heavy atom. The highest BCUT2D eigenvalue weighted by Crippen LogP contribution is 2.29. The molecule has 0 fully saturated rings. The first-order valence-corrected chi connectivity index (χ1v) is 10.1. The van der Waals surface area contributed by atoms with Gasteiger partial charge in [0.25, 0.3) is 0 Å². The monoisotopic (exact) mass is 392 g/mol. The average molecular weight is 393 g/mol. The fraction of sp³-hybridized carbons (Fsp3) is 0.261. The van der Waals surface area contributed by atoms with Crippen molar-refractivity contribution in [2.75, 3.05) is 5.32 Å². The summed E-state index contributed by atoms with van der Waals surface area (Å²) in [6.07, 6.45) is 0. The van der Waals surface area contributed by atoms with Gasteiger partial charge < -0.3 is 5.32 Å². The van der Waals surface area contributed by atoms with Gasteiger partial charge in [0.05, 0.1) is 15.8 Å². The van der Waals surface area contributed by atoms with Gasteiger partial charge >= 0.3 is 0 Å². The normalized spacial score (nSPS) is 12.0. The maximum atomic E-state index is 12.6. The number of thioether (sulfide) groups is 1. The lowest BCUT2D eigenvalue weighted by molar-refractivity contribution is -0.115. The van der Waals surface area contributed by atoms with Crippen molar-refractivity contribution in [2.24, 2.45) is 0 Å². The predicted octanol–water partition coefficient (Wildman–Crippen LogP) is 5.48. The van der Waals surface area contributed by atoms with Crippen molar-refractivity contribution in [3.8, 4) is 0 Å². The highest BCUT2D eigenvalue weighted by atomic mass is 32.2. The van der Waals surface area contributed by atoms with Gasteiger partial charge in [-0.2, -0.15) is 0 Å². The Morgan fingerprint density at radius 3 is 2.32 bits per heavy atom. The molecule has 2 aromatic carbocycles. The Morgan fingerprint density at radius 2 is 1.68 bits per heavy atom. The number of aryl methyl sites for hydroxylation is 3. The first kappa shape index (κ1) is 20.1. The molecule has 28 heavy (non-hydrogen) atoms. The highest BCUT2D eigenvalue weighted by Gasteiger charge is 2.17. The summed E-state index contributed by atoms with van der Waals surface area (Å²) in [6, 6.07) is 13.2. The van der Waals surface area contributed by atoms with Gasteiger partial charge in [-0.3, -0.25) is 9.59 Å². The molecule has 0 aliphatic carbocycles. The SMILES string of the molecule is CC(=O)c1ccc(NC(=O)C(C)Sc2cc(C)c3cc(C)cc(C)c3n2)cc1. The maximum Gasteiger partial charge on any atom is 0.237 e. The number of Topliss-reactive ketones (excluding diaryl/α,β-unsaturated/α-hetero) is 1. The third-order valence-corrected chi connectivity index (χ3v) is 5.68. The van der Waals surface area contributed by atoms with Crippen LogP contribution in [0.1, 0.15) is 40.9 Å². The first-order valence-electron chi connectivity index (χ1n) is 9.21. The van der Waals surface area contributed by atoms with Crippen molar-refractivity contribution in [3.05, 3.63) is 64.7 Å². The van der Waals surface area contributed by atoms with Crippen LogP contribution in [0.4, 0.5) is 5.69 Å². The van der Waals surface area contributed by atoms with Crippen LogP contribution in [-0.4, -0.2) is 21.9 Å². The summed E-state index contributed by atoms with van der Waals surface area (Å²) < 4.78 is 0. The van der Waals surface area contributed by atoms with Crippen LogP contribution in [0.2, 0.25) is 0 Å². The van der Waals surface area contributed by atoms with Gasteiger partial charge in [0.2, 0.25) is 5.91 Å². The van der Waals surface area contributed by atoms with Crippen LogP contribution in [0.5, 0.6) is 0 Å². The van der Waals surface area contributed by atoms with Crippen LogP contribution in [0, 0.1) is 20.8 Å². The Kier molecular flexibility index (Phi) is 5.84. The van der Waals surface area contributed by atoms with Crippen molar-refractivity contribution >= 4 is 40.0 Å². The van der Waals surface area contributed by atoms with Gasteiger partial charge in [0.15, 0.2) is 5.78 Å². The lowest BCUT2D eigenvalue weighted by Crippen LogP contribution is -2.22. The fourth-order valence-corrected chi connectivity index (χ4v) is 4.06. The third kappa shape index (κ3) is 4.42. The van der Waals surface area contributed by atoms with Crippen LogP contribution in [0.3, 0.4) is 0 Å². The molecule has 0 aliphatic rings. The van der Waals surface area contributed by atoms with E-state index in [2.05, 4.69) is 38.2 Å². The van der Waals surface area contributed by atoms with Crippen molar-refractivity contribution < 1.29 is 9.59 Å². The number of anilines is 1. The van der Waals surface area contributed by atoms with Gasteiger partial charge in [0, 0.05) is 16.6 Å². The van der Waals surface area contributed by atoms with E-state index in [1.165, 1.54) is 24.2 Å². The number of aromatic nitrogens is 1. The van der Waals surface area contributed by atoms with E-state index < -0.39 is 0 Å². The van der Waals surface area contributed by atoms with E-state index in [4.69, 9.17) is 4.98 Å². The van der Waals surface area contributed by atoms with Crippen LogP contribution < -0.4 is 5.32 Å². The number of nitrogens with one attached hydrogen (secondary N) is 1. The van der Waals surface area contributed by atoms with E-state index in [9.17, 15) is 9.59 Å². The van der Waals surface area contributed by atoms with E-state index in [0.717, 1.165) is 27.1 Å². The summed E-state index contributed by atoms with van der Waals surface area (Å²) in [6.45, 7) is 9.62. The summed E-state index contributed by atoms with van der Waals surface area (Å²) in [7, 11) is 0. The molecule has 5 heteroatoms. The number of nitrogens with zero attached hydrogens (tertiary/aromatic N) is 1. The summed E-state index contributed by atoms with van der Waals surface area (Å²) in [5, 5.41) is 4.59. The van der Waals surface area contributed by atoms with Gasteiger partial charge in [-0.05, 0) is 82.1 Å². The lowest BCUT2D eigenvalue weighted by atomic mass is 10.0. The molecular weight excluding hydrogens is 368 g/mol. The Labute approximate surface area is 169 Å². The van der Waals surface area contributed by atoms with E-state index in [0.29, 0.717) is 11.3 Å². The summed E-state index contributed by atoms with van der Waals surface area (Å²) in [5.41, 5.74) is 5.81. The van der Waals surface area contributed by atoms with Crippen LogP contribution in [0.15, 0.2) is 47.5 Å². The standard InChI is InChI=1S/C23H24N2O2S/c1-13-10-15(3)22-20(11-13)14(2)12-21(25-22)28-17(5)23(27)24-19-8-6-18(7-9-19)16(4)26/h6-12,17H,1-5H3,(H,24,27). The summed E-state index contributed by atoms with van der Waals surface area (Å²) in [5.74, 6) is -0.0919. The number of amides is 1. The number of ketones is 1. The smallest absolute Gasteiger partial charge is 0.237 e. The van der Waals surface area contributed by atoms with Crippen molar-refractivity contribution in [2.45, 2.75) is 44.9 Å². The number of carbonyl (C=O) groups is 2. The van der Waals surface area contributed by atoms with E-state index in [1.807, 2.05) is 13.0 Å². The zero-order valence-corrected chi connectivity index (χ0v) is 17.6. The number of rotatable bonds is 5. The largest absolute Gasteiger partial charge is 0.325 e.